The fourth-order valence-corrected chi connectivity index (χ4v) is 6.26. The summed E-state index contributed by atoms with van der Waals surface area (Å²) in [6, 6.07) is 17.7. The molecule has 2 unspecified atom stereocenters. The molecule has 5 rings (SSSR count). The van der Waals surface area contributed by atoms with Crippen molar-refractivity contribution in [1.29, 1.82) is 0 Å². The molecule has 6 heteroatoms. The predicted molar refractivity (Wildman–Crippen MR) is 116 cm³/mol. The highest BCUT2D eigenvalue weighted by atomic mass is 16.4. The number of likely N-dealkylation sites (tertiary alicyclic amines) is 2. The van der Waals surface area contributed by atoms with Crippen LogP contribution in [-0.4, -0.2) is 51.7 Å². The molecule has 31 heavy (non-hydrogen) atoms. The summed E-state index contributed by atoms with van der Waals surface area (Å²) in [5, 5.41) is 19.7. The molecule has 0 bridgehead atoms. The van der Waals surface area contributed by atoms with Crippen molar-refractivity contribution in [3.8, 4) is 0 Å². The van der Waals surface area contributed by atoms with Crippen molar-refractivity contribution in [2.45, 2.75) is 43.2 Å². The molecule has 2 fully saturated rings. The smallest absolute Gasteiger partial charge is 0.407 e. The minimum Gasteiger partial charge on any atom is -0.465 e. The Hall–Kier alpha value is -2.86. The molecule has 0 radical (unpaired) electrons. The monoisotopic (exact) mass is 420 g/mol. The van der Waals surface area contributed by atoms with E-state index >= 15 is 0 Å². The Labute approximate surface area is 182 Å². The number of carbonyl (C=O) groups excluding carboxylic acids is 1. The lowest BCUT2D eigenvalue weighted by Crippen LogP contribution is -2.48. The minimum absolute atomic E-state index is 0.0517. The maximum Gasteiger partial charge on any atom is 0.407 e. The van der Waals surface area contributed by atoms with Gasteiger partial charge in [-0.15, -0.1) is 0 Å². The molecule has 1 aliphatic carbocycles. The minimum atomic E-state index is -0.854. The molecular weight excluding hydrogens is 392 g/mol. The van der Waals surface area contributed by atoms with Gasteiger partial charge in [0.05, 0.1) is 18.7 Å². The average molecular weight is 421 g/mol. The van der Waals surface area contributed by atoms with E-state index in [1.165, 1.54) is 16.0 Å². The van der Waals surface area contributed by atoms with Crippen LogP contribution < -0.4 is 0 Å². The van der Waals surface area contributed by atoms with Gasteiger partial charge in [-0.25, -0.2) is 4.79 Å². The third-order valence-electron chi connectivity index (χ3n) is 7.66. The largest absolute Gasteiger partial charge is 0.465 e. The number of carbonyl (C=O) groups is 2. The van der Waals surface area contributed by atoms with Crippen LogP contribution in [0.25, 0.3) is 0 Å². The Kier molecular flexibility index (Phi) is 4.97. The van der Waals surface area contributed by atoms with Crippen molar-refractivity contribution in [2.75, 3.05) is 19.7 Å². The highest BCUT2D eigenvalue weighted by molar-refractivity contribution is 5.81. The van der Waals surface area contributed by atoms with E-state index in [4.69, 9.17) is 0 Å². The summed E-state index contributed by atoms with van der Waals surface area (Å²) in [6.45, 7) is 0.948. The molecule has 2 aromatic rings. The number of aliphatic hydroxyl groups excluding tert-OH is 1. The summed E-state index contributed by atoms with van der Waals surface area (Å²) in [5.41, 5.74) is 3.29. The van der Waals surface area contributed by atoms with Gasteiger partial charge < -0.3 is 20.0 Å². The van der Waals surface area contributed by atoms with Crippen LogP contribution in [0, 0.1) is 5.92 Å². The first-order chi connectivity index (χ1) is 15.0. The zero-order chi connectivity index (χ0) is 21.6. The Balaban J connectivity index is 1.54. The molecule has 1 spiro atoms. The number of benzene rings is 2. The molecule has 2 N–H and O–H groups in total. The first kappa shape index (κ1) is 20.1. The normalized spacial score (nSPS) is 25.3. The molecule has 162 valence electrons. The molecular formula is C25H28N2O4. The number of piperidine rings is 1. The van der Waals surface area contributed by atoms with E-state index in [1.54, 1.807) is 0 Å². The molecule has 2 saturated heterocycles. The summed E-state index contributed by atoms with van der Waals surface area (Å²) in [5.74, 6) is 0.268. The van der Waals surface area contributed by atoms with E-state index in [0.717, 1.165) is 24.8 Å². The number of amides is 2. The Morgan fingerprint density at radius 3 is 2.42 bits per heavy atom. The first-order valence-electron chi connectivity index (χ1n) is 11.1. The number of hydrogen-bond acceptors (Lipinski definition) is 3. The van der Waals surface area contributed by atoms with Gasteiger partial charge in [-0.1, -0.05) is 54.6 Å². The van der Waals surface area contributed by atoms with Crippen LogP contribution in [-0.2, 0) is 10.2 Å². The molecule has 2 heterocycles. The zero-order valence-corrected chi connectivity index (χ0v) is 17.5. The number of fused-ring (bicyclic) bond motifs is 4. The fourth-order valence-electron chi connectivity index (χ4n) is 6.26. The highest BCUT2D eigenvalue weighted by Crippen LogP contribution is 2.56. The maximum atomic E-state index is 13.3. The molecule has 0 aromatic heterocycles. The molecule has 2 aliphatic heterocycles. The van der Waals surface area contributed by atoms with Crippen LogP contribution in [0.5, 0.6) is 0 Å². The van der Waals surface area contributed by atoms with Crippen LogP contribution in [0.1, 0.15) is 54.5 Å². The predicted octanol–water partition coefficient (Wildman–Crippen LogP) is 3.73. The lowest BCUT2D eigenvalue weighted by molar-refractivity contribution is -0.132. The van der Waals surface area contributed by atoms with Crippen LogP contribution in [0.15, 0.2) is 54.6 Å². The molecule has 2 amide bonds. The second-order valence-corrected chi connectivity index (χ2v) is 9.16. The summed E-state index contributed by atoms with van der Waals surface area (Å²) in [7, 11) is 0. The van der Waals surface area contributed by atoms with Crippen LogP contribution >= 0.6 is 0 Å². The lowest BCUT2D eigenvalue weighted by Gasteiger charge is -2.49. The zero-order valence-electron chi connectivity index (χ0n) is 17.5. The quantitative estimate of drug-likeness (QED) is 0.793. The van der Waals surface area contributed by atoms with Crippen molar-refractivity contribution >= 4 is 12.0 Å². The van der Waals surface area contributed by atoms with Crippen molar-refractivity contribution in [3.05, 3.63) is 71.3 Å². The Morgan fingerprint density at radius 1 is 1.06 bits per heavy atom. The van der Waals surface area contributed by atoms with Crippen molar-refractivity contribution < 1.29 is 19.8 Å². The second-order valence-electron chi connectivity index (χ2n) is 9.16. The summed E-state index contributed by atoms with van der Waals surface area (Å²) >= 11 is 0. The van der Waals surface area contributed by atoms with Gasteiger partial charge in [0, 0.05) is 19.5 Å². The summed E-state index contributed by atoms with van der Waals surface area (Å²) in [4.78, 5) is 28.1. The molecule has 0 saturated carbocycles. The van der Waals surface area contributed by atoms with Gasteiger partial charge in [0.15, 0.2) is 0 Å². The van der Waals surface area contributed by atoms with Gasteiger partial charge in [0.25, 0.3) is 0 Å². The van der Waals surface area contributed by atoms with Crippen LogP contribution in [0.2, 0.25) is 0 Å². The Bertz CT molecular complexity index is 984. The number of nitrogens with zero attached hydrogens (tertiary/aromatic N) is 2. The number of hydrogen-bond donors (Lipinski definition) is 2. The second kappa shape index (κ2) is 7.68. The SMILES string of the molecule is O=C(O)N1CCC2(CC1)CC1CC(=O)N([C@H](CO)c3ccccc3)C1c1ccccc12. The van der Waals surface area contributed by atoms with Gasteiger partial charge >= 0.3 is 6.09 Å². The molecule has 3 atom stereocenters. The third kappa shape index (κ3) is 3.21. The van der Waals surface area contributed by atoms with Crippen molar-refractivity contribution in [3.63, 3.8) is 0 Å². The fraction of sp³-hybridized carbons (Fsp3) is 0.440. The molecule has 2 aromatic carbocycles. The Morgan fingerprint density at radius 2 is 1.74 bits per heavy atom. The van der Waals surface area contributed by atoms with E-state index in [1.807, 2.05) is 47.4 Å². The van der Waals surface area contributed by atoms with Crippen molar-refractivity contribution in [1.82, 2.24) is 9.80 Å². The van der Waals surface area contributed by atoms with E-state index < -0.39 is 6.09 Å². The standard InChI is InChI=1S/C25H28N2O4/c28-16-21(17-6-2-1-3-7-17)27-22(29)14-18-15-25(10-12-26(13-11-25)24(30)31)20-9-5-4-8-19(20)23(18)27/h1-9,18,21,23,28H,10-16H2,(H,30,31)/t18?,21-,23?/m1/s1. The maximum absolute atomic E-state index is 13.3. The summed E-state index contributed by atoms with van der Waals surface area (Å²) < 4.78 is 0. The van der Waals surface area contributed by atoms with E-state index in [2.05, 4.69) is 12.1 Å². The van der Waals surface area contributed by atoms with Gasteiger partial charge in [0.2, 0.25) is 5.91 Å². The average Bonchev–Trinajstić information content (AvgIpc) is 3.11. The summed E-state index contributed by atoms with van der Waals surface area (Å²) in [6.07, 6.45) is 2.09. The van der Waals surface area contributed by atoms with Crippen molar-refractivity contribution in [2.24, 2.45) is 5.92 Å². The van der Waals surface area contributed by atoms with Crippen LogP contribution in [0.3, 0.4) is 0 Å². The number of carboxylic acid groups (broad SMARTS) is 1. The van der Waals surface area contributed by atoms with Gasteiger partial charge in [-0.2, -0.15) is 0 Å². The highest BCUT2D eigenvalue weighted by Gasteiger charge is 2.53. The van der Waals surface area contributed by atoms with E-state index in [9.17, 15) is 19.8 Å². The number of aliphatic hydroxyl groups is 1. The van der Waals surface area contributed by atoms with E-state index in [-0.39, 0.29) is 35.9 Å². The number of rotatable bonds is 3. The van der Waals surface area contributed by atoms with E-state index in [0.29, 0.717) is 19.5 Å². The third-order valence-corrected chi connectivity index (χ3v) is 7.66. The molecule has 6 nitrogen and oxygen atoms in total. The van der Waals surface area contributed by atoms with Gasteiger partial charge in [-0.05, 0) is 47.3 Å². The van der Waals surface area contributed by atoms with Gasteiger partial charge in [0.1, 0.15) is 0 Å². The molecule has 3 aliphatic rings. The first-order valence-corrected chi connectivity index (χ1v) is 11.1. The van der Waals surface area contributed by atoms with Crippen LogP contribution in [0.4, 0.5) is 4.79 Å². The lowest BCUT2D eigenvalue weighted by atomic mass is 9.60. The van der Waals surface area contributed by atoms with Gasteiger partial charge in [-0.3, -0.25) is 4.79 Å². The topological polar surface area (TPSA) is 81.1 Å².